The first-order valence-electron chi connectivity index (χ1n) is 8.17. The number of benzene rings is 1. The monoisotopic (exact) mass is 350 g/mol. The Labute approximate surface area is 151 Å². The van der Waals surface area contributed by atoms with Gasteiger partial charge in [-0.15, -0.1) is 0 Å². The van der Waals surface area contributed by atoms with E-state index in [0.717, 1.165) is 22.6 Å². The van der Waals surface area contributed by atoms with Crippen LogP contribution in [0, 0.1) is 19.7 Å². The van der Waals surface area contributed by atoms with Crippen molar-refractivity contribution in [1.82, 2.24) is 15.0 Å². The largest absolute Gasteiger partial charge is 0.318 e. The predicted molar refractivity (Wildman–Crippen MR) is 99.1 cm³/mol. The van der Waals surface area contributed by atoms with E-state index in [4.69, 9.17) is 0 Å². The first kappa shape index (κ1) is 17.5. The molecule has 1 aromatic carbocycles. The fourth-order valence-electron chi connectivity index (χ4n) is 2.83. The maximum absolute atomic E-state index is 13.2. The van der Waals surface area contributed by atoms with E-state index in [9.17, 15) is 9.18 Å². The Morgan fingerprint density at radius 1 is 1.12 bits per heavy atom. The van der Waals surface area contributed by atoms with Crippen molar-refractivity contribution in [3.8, 4) is 5.69 Å². The molecule has 1 N–H and O–H groups in total. The number of halogens is 1. The molecule has 0 aliphatic carbocycles. The molecule has 0 saturated heterocycles. The lowest BCUT2D eigenvalue weighted by Crippen LogP contribution is -2.20. The minimum Gasteiger partial charge on any atom is -0.318 e. The second-order valence-corrected chi connectivity index (χ2v) is 5.97. The normalized spacial score (nSPS) is 11.5. The zero-order valence-corrected chi connectivity index (χ0v) is 14.8. The van der Waals surface area contributed by atoms with Gasteiger partial charge in [-0.1, -0.05) is 0 Å². The Morgan fingerprint density at radius 2 is 1.77 bits per heavy atom. The number of hydrazone groups is 1. The SMILES string of the molecule is CC(=NNC(=O)c1cc(C)n(-c2ccc(F)cc2)c1C)c1ccncc1. The van der Waals surface area contributed by atoms with Gasteiger partial charge in [-0.2, -0.15) is 5.10 Å². The van der Waals surface area contributed by atoms with Crippen LogP contribution in [0.1, 0.15) is 34.2 Å². The van der Waals surface area contributed by atoms with Crippen LogP contribution in [0.4, 0.5) is 4.39 Å². The lowest BCUT2D eigenvalue weighted by molar-refractivity contribution is 0.0954. The van der Waals surface area contributed by atoms with E-state index in [0.29, 0.717) is 11.3 Å². The van der Waals surface area contributed by atoms with Gasteiger partial charge in [0.1, 0.15) is 5.82 Å². The van der Waals surface area contributed by atoms with Crippen LogP contribution < -0.4 is 5.43 Å². The van der Waals surface area contributed by atoms with Gasteiger partial charge in [0.25, 0.3) is 5.91 Å². The summed E-state index contributed by atoms with van der Waals surface area (Å²) in [6.45, 7) is 5.57. The van der Waals surface area contributed by atoms with Gasteiger partial charge in [-0.25, -0.2) is 9.82 Å². The van der Waals surface area contributed by atoms with Crippen LogP contribution in [-0.2, 0) is 0 Å². The molecular weight excluding hydrogens is 331 g/mol. The van der Waals surface area contributed by atoms with Crippen molar-refractivity contribution in [2.75, 3.05) is 0 Å². The summed E-state index contributed by atoms with van der Waals surface area (Å²) < 4.78 is 15.1. The zero-order chi connectivity index (χ0) is 18.7. The molecular formula is C20H19FN4O. The van der Waals surface area contributed by atoms with Crippen molar-refractivity contribution in [1.29, 1.82) is 0 Å². The Balaban J connectivity index is 1.85. The van der Waals surface area contributed by atoms with Crippen LogP contribution in [0.5, 0.6) is 0 Å². The van der Waals surface area contributed by atoms with E-state index in [2.05, 4.69) is 15.5 Å². The third-order valence-corrected chi connectivity index (χ3v) is 4.18. The Kier molecular flexibility index (Phi) is 4.93. The van der Waals surface area contributed by atoms with Gasteiger partial charge < -0.3 is 4.57 Å². The maximum atomic E-state index is 13.2. The molecule has 0 bridgehead atoms. The van der Waals surface area contributed by atoms with Crippen molar-refractivity contribution < 1.29 is 9.18 Å². The van der Waals surface area contributed by atoms with Crippen LogP contribution in [0.25, 0.3) is 5.69 Å². The second kappa shape index (κ2) is 7.31. The number of aryl methyl sites for hydroxylation is 1. The number of carbonyl (C=O) groups is 1. The molecule has 0 fully saturated rings. The van der Waals surface area contributed by atoms with E-state index >= 15 is 0 Å². The van der Waals surface area contributed by atoms with Crippen molar-refractivity contribution in [3.63, 3.8) is 0 Å². The fraction of sp³-hybridized carbons (Fsp3) is 0.150. The quantitative estimate of drug-likeness (QED) is 0.575. The van der Waals surface area contributed by atoms with Crippen molar-refractivity contribution in [3.05, 3.63) is 83.2 Å². The summed E-state index contributed by atoms with van der Waals surface area (Å²) in [5.41, 5.74) is 7.15. The van der Waals surface area contributed by atoms with Crippen LogP contribution >= 0.6 is 0 Å². The smallest absolute Gasteiger partial charge is 0.273 e. The molecule has 0 atom stereocenters. The molecule has 0 saturated carbocycles. The van der Waals surface area contributed by atoms with Gasteiger partial charge in [-0.3, -0.25) is 9.78 Å². The van der Waals surface area contributed by atoms with E-state index in [1.807, 2.05) is 37.5 Å². The summed E-state index contributed by atoms with van der Waals surface area (Å²) in [4.78, 5) is 16.5. The fourth-order valence-corrected chi connectivity index (χ4v) is 2.83. The van der Waals surface area contributed by atoms with Crippen molar-refractivity contribution in [2.45, 2.75) is 20.8 Å². The summed E-state index contributed by atoms with van der Waals surface area (Å²) in [5, 5.41) is 4.17. The highest BCUT2D eigenvalue weighted by Crippen LogP contribution is 2.21. The van der Waals surface area contributed by atoms with Gasteiger partial charge in [-0.05, 0) is 63.2 Å². The summed E-state index contributed by atoms with van der Waals surface area (Å²) >= 11 is 0. The van der Waals surface area contributed by atoms with Crippen LogP contribution in [0.15, 0.2) is 60.0 Å². The molecule has 5 nitrogen and oxygen atoms in total. The van der Waals surface area contributed by atoms with Gasteiger partial charge in [0.2, 0.25) is 0 Å². The molecule has 2 aromatic heterocycles. The summed E-state index contributed by atoms with van der Waals surface area (Å²) in [6.07, 6.45) is 3.35. The van der Waals surface area contributed by atoms with Crippen molar-refractivity contribution >= 4 is 11.6 Å². The number of aromatic nitrogens is 2. The highest BCUT2D eigenvalue weighted by Gasteiger charge is 2.16. The lowest BCUT2D eigenvalue weighted by atomic mass is 10.2. The molecule has 0 spiro atoms. The molecule has 2 heterocycles. The number of amides is 1. The molecule has 3 rings (SSSR count). The first-order valence-corrected chi connectivity index (χ1v) is 8.17. The van der Waals surface area contributed by atoms with Crippen LogP contribution in [0.3, 0.4) is 0 Å². The van der Waals surface area contributed by atoms with E-state index in [1.165, 1.54) is 12.1 Å². The lowest BCUT2D eigenvalue weighted by Gasteiger charge is -2.09. The Morgan fingerprint density at radius 3 is 2.42 bits per heavy atom. The minimum atomic E-state index is -0.296. The molecule has 0 aliphatic heterocycles. The molecule has 1 amide bonds. The van der Waals surface area contributed by atoms with Crippen molar-refractivity contribution in [2.24, 2.45) is 5.10 Å². The Hall–Kier alpha value is -3.28. The average Bonchev–Trinajstić information content (AvgIpc) is 2.95. The predicted octanol–water partition coefficient (Wildman–Crippen LogP) is 3.78. The number of nitrogens with zero attached hydrogens (tertiary/aromatic N) is 3. The van der Waals surface area contributed by atoms with Crippen LogP contribution in [0.2, 0.25) is 0 Å². The summed E-state index contributed by atoms with van der Waals surface area (Å²) in [6, 6.07) is 11.6. The number of nitrogens with one attached hydrogen (secondary N) is 1. The van der Waals surface area contributed by atoms with Crippen LogP contribution in [-0.4, -0.2) is 21.2 Å². The number of pyridine rings is 1. The van der Waals surface area contributed by atoms with Gasteiger partial charge in [0, 0.05) is 35.0 Å². The van der Waals surface area contributed by atoms with E-state index in [-0.39, 0.29) is 11.7 Å². The molecule has 0 radical (unpaired) electrons. The van der Waals surface area contributed by atoms with Gasteiger partial charge in [0.05, 0.1) is 11.3 Å². The maximum Gasteiger partial charge on any atom is 0.273 e. The minimum absolute atomic E-state index is 0.292. The zero-order valence-electron chi connectivity index (χ0n) is 14.8. The molecule has 6 heteroatoms. The summed E-state index contributed by atoms with van der Waals surface area (Å²) in [5.74, 6) is -0.588. The molecule has 3 aromatic rings. The van der Waals surface area contributed by atoms with E-state index in [1.54, 1.807) is 30.6 Å². The third-order valence-electron chi connectivity index (χ3n) is 4.18. The molecule has 0 aliphatic rings. The Bertz CT molecular complexity index is 959. The second-order valence-electron chi connectivity index (χ2n) is 5.97. The topological polar surface area (TPSA) is 59.3 Å². The molecule has 132 valence electrons. The van der Waals surface area contributed by atoms with Gasteiger partial charge in [0.15, 0.2) is 0 Å². The number of hydrogen-bond acceptors (Lipinski definition) is 3. The number of carbonyl (C=O) groups excluding carboxylic acids is 1. The molecule has 0 unspecified atom stereocenters. The summed E-state index contributed by atoms with van der Waals surface area (Å²) in [7, 11) is 0. The standard InChI is InChI=1S/C20H19FN4O/c1-13-12-19(15(3)25(13)18-6-4-17(21)5-7-18)20(26)24-23-14(2)16-8-10-22-11-9-16/h4-12H,1-3H3,(H,24,26). The highest BCUT2D eigenvalue weighted by molar-refractivity contribution is 6.01. The first-order chi connectivity index (χ1) is 12.5. The average molecular weight is 350 g/mol. The molecule has 26 heavy (non-hydrogen) atoms. The highest BCUT2D eigenvalue weighted by atomic mass is 19.1. The third kappa shape index (κ3) is 3.54. The number of hydrogen-bond donors (Lipinski definition) is 1. The van der Waals surface area contributed by atoms with E-state index < -0.39 is 0 Å². The van der Waals surface area contributed by atoms with Gasteiger partial charge >= 0.3 is 0 Å². The number of rotatable bonds is 4.